The van der Waals surface area contributed by atoms with Crippen LogP contribution in [-0.2, 0) is 0 Å². The molecule has 0 atom stereocenters. The van der Waals surface area contributed by atoms with Crippen molar-refractivity contribution in [3.8, 4) is 39.9 Å². The summed E-state index contributed by atoms with van der Waals surface area (Å²) in [6.45, 7) is 4.40. The highest BCUT2D eigenvalue weighted by molar-refractivity contribution is 8.01. The molecule has 0 N–H and O–H groups in total. The second kappa shape index (κ2) is 17.7. The fourth-order valence-electron chi connectivity index (χ4n) is 8.89. The summed E-state index contributed by atoms with van der Waals surface area (Å²) < 4.78 is 4.77. The standard InChI is InChI=1S/C59H44N6S/c1-41-37-45(59-61-57(43-21-9-3-10-22-43)60-58(62-59)44-23-11-4-12-24-44)38-42(2)56(41)64-54-35-33-49(63(46-25-13-5-14-26-46)47-27-15-6-16-28-47)39-52(54)53-40-50(34-36-55(53)64)65(48-29-17-7-18-30-48)66-51-31-19-8-20-32-51/h3-40H,1-2H3. The number of aromatic nitrogens is 4. The quantitative estimate of drug-likeness (QED) is 0.121. The Kier molecular flexibility index (Phi) is 10.9. The van der Waals surface area contributed by atoms with Crippen molar-refractivity contribution < 1.29 is 0 Å². The van der Waals surface area contributed by atoms with Gasteiger partial charge in [-0.05, 0) is 134 Å². The van der Waals surface area contributed by atoms with Gasteiger partial charge in [0, 0.05) is 49.4 Å². The molecular formula is C59H44N6S. The molecule has 2 aromatic heterocycles. The molecule has 0 spiro atoms. The molecule has 2 heterocycles. The molecule has 0 bridgehead atoms. The topological polar surface area (TPSA) is 50.1 Å². The van der Waals surface area contributed by atoms with Gasteiger partial charge in [-0.25, -0.2) is 15.0 Å². The first kappa shape index (κ1) is 40.5. The summed E-state index contributed by atoms with van der Waals surface area (Å²) >= 11 is 1.72. The molecule has 0 aliphatic heterocycles. The van der Waals surface area contributed by atoms with Crippen LogP contribution in [0.2, 0.25) is 0 Å². The van der Waals surface area contributed by atoms with Gasteiger partial charge in [-0.15, -0.1) is 0 Å². The Morgan fingerprint density at radius 3 is 1.24 bits per heavy atom. The summed E-state index contributed by atoms with van der Waals surface area (Å²) in [6, 6.07) is 80.9. The van der Waals surface area contributed by atoms with E-state index in [4.69, 9.17) is 15.0 Å². The van der Waals surface area contributed by atoms with Crippen molar-refractivity contribution in [1.82, 2.24) is 19.5 Å². The Morgan fingerprint density at radius 2 is 0.758 bits per heavy atom. The maximum absolute atomic E-state index is 5.09. The van der Waals surface area contributed by atoms with E-state index in [0.717, 1.165) is 88.6 Å². The molecule has 66 heavy (non-hydrogen) atoms. The average molecular weight is 869 g/mol. The normalized spacial score (nSPS) is 11.2. The lowest BCUT2D eigenvalue weighted by Crippen LogP contribution is -2.09. The maximum Gasteiger partial charge on any atom is 0.164 e. The zero-order valence-corrected chi connectivity index (χ0v) is 37.3. The second-order valence-electron chi connectivity index (χ2n) is 16.3. The van der Waals surface area contributed by atoms with E-state index in [2.05, 4.69) is 197 Å². The molecule has 316 valence electrons. The first-order valence-electron chi connectivity index (χ1n) is 22.1. The minimum Gasteiger partial charge on any atom is -0.310 e. The molecule has 0 unspecified atom stereocenters. The summed E-state index contributed by atoms with van der Waals surface area (Å²) in [5.74, 6) is 1.92. The van der Waals surface area contributed by atoms with Crippen molar-refractivity contribution in [2.24, 2.45) is 0 Å². The zero-order valence-electron chi connectivity index (χ0n) is 36.5. The van der Waals surface area contributed by atoms with E-state index >= 15 is 0 Å². The highest BCUT2D eigenvalue weighted by atomic mass is 32.2. The van der Waals surface area contributed by atoms with Gasteiger partial charge in [-0.2, -0.15) is 0 Å². The van der Waals surface area contributed by atoms with Crippen LogP contribution in [-0.4, -0.2) is 19.5 Å². The third-order valence-electron chi connectivity index (χ3n) is 11.9. The summed E-state index contributed by atoms with van der Waals surface area (Å²) in [7, 11) is 0. The number of anilines is 5. The van der Waals surface area contributed by atoms with Gasteiger partial charge in [0.25, 0.3) is 0 Å². The van der Waals surface area contributed by atoms with E-state index in [-0.39, 0.29) is 0 Å². The van der Waals surface area contributed by atoms with Crippen molar-refractivity contribution in [2.75, 3.05) is 9.21 Å². The molecule has 0 saturated carbocycles. The van der Waals surface area contributed by atoms with Crippen LogP contribution < -0.4 is 9.21 Å². The molecule has 11 aromatic rings. The van der Waals surface area contributed by atoms with Gasteiger partial charge in [0.05, 0.1) is 28.1 Å². The summed E-state index contributed by atoms with van der Waals surface area (Å²) in [5, 5.41) is 2.31. The fraction of sp³-hybridized carbons (Fsp3) is 0.0339. The van der Waals surface area contributed by atoms with E-state index in [1.807, 2.05) is 60.7 Å². The van der Waals surface area contributed by atoms with Gasteiger partial charge in [0.2, 0.25) is 0 Å². The van der Waals surface area contributed by atoms with Crippen molar-refractivity contribution in [2.45, 2.75) is 18.7 Å². The Hall–Kier alpha value is -8.26. The van der Waals surface area contributed by atoms with E-state index in [9.17, 15) is 0 Å². The smallest absolute Gasteiger partial charge is 0.164 e. The third kappa shape index (κ3) is 7.86. The number of hydrogen-bond donors (Lipinski definition) is 0. The summed E-state index contributed by atoms with van der Waals surface area (Å²) in [5.41, 5.74) is 13.8. The largest absolute Gasteiger partial charge is 0.310 e. The van der Waals surface area contributed by atoms with Gasteiger partial charge in [0.1, 0.15) is 0 Å². The van der Waals surface area contributed by atoms with E-state index in [1.165, 1.54) is 0 Å². The van der Waals surface area contributed by atoms with Crippen LogP contribution in [0.5, 0.6) is 0 Å². The van der Waals surface area contributed by atoms with Crippen LogP contribution >= 0.6 is 11.9 Å². The van der Waals surface area contributed by atoms with Crippen molar-refractivity contribution in [3.05, 3.63) is 242 Å². The van der Waals surface area contributed by atoms with Gasteiger partial charge in [0.15, 0.2) is 17.5 Å². The molecule has 9 aromatic carbocycles. The number of aryl methyl sites for hydroxylation is 2. The lowest BCUT2D eigenvalue weighted by Gasteiger charge is -2.25. The first-order chi connectivity index (χ1) is 32.6. The molecule has 0 fully saturated rings. The molecular weight excluding hydrogens is 825 g/mol. The molecule has 7 heteroatoms. The van der Waals surface area contributed by atoms with E-state index < -0.39 is 0 Å². The molecule has 0 radical (unpaired) electrons. The predicted molar refractivity (Wildman–Crippen MR) is 276 cm³/mol. The first-order valence-corrected chi connectivity index (χ1v) is 22.9. The van der Waals surface area contributed by atoms with Gasteiger partial charge in [-0.3, -0.25) is 4.31 Å². The number of para-hydroxylation sites is 3. The predicted octanol–water partition coefficient (Wildman–Crippen LogP) is 15.9. The van der Waals surface area contributed by atoms with Crippen molar-refractivity contribution >= 4 is 62.2 Å². The Morgan fingerprint density at radius 1 is 0.364 bits per heavy atom. The fourth-order valence-corrected chi connectivity index (χ4v) is 9.82. The van der Waals surface area contributed by atoms with E-state index in [1.54, 1.807) is 11.9 Å². The number of nitrogens with zero attached hydrogens (tertiary/aromatic N) is 6. The molecule has 0 amide bonds. The van der Waals surface area contributed by atoms with Crippen LogP contribution in [0.4, 0.5) is 28.4 Å². The lowest BCUT2D eigenvalue weighted by atomic mass is 10.0. The highest BCUT2D eigenvalue weighted by Gasteiger charge is 2.22. The van der Waals surface area contributed by atoms with Gasteiger partial charge >= 0.3 is 0 Å². The Balaban J connectivity index is 1.11. The van der Waals surface area contributed by atoms with Crippen molar-refractivity contribution in [1.29, 1.82) is 0 Å². The number of fused-ring (bicyclic) bond motifs is 3. The van der Waals surface area contributed by atoms with Gasteiger partial charge in [-0.1, -0.05) is 133 Å². The summed E-state index contributed by atoms with van der Waals surface area (Å²) in [6.07, 6.45) is 0. The molecule has 0 saturated heterocycles. The second-order valence-corrected chi connectivity index (χ2v) is 17.3. The Labute approximate surface area is 389 Å². The zero-order chi connectivity index (χ0) is 44.4. The number of benzene rings is 9. The Bertz CT molecular complexity index is 3340. The van der Waals surface area contributed by atoms with Crippen LogP contribution in [0.15, 0.2) is 235 Å². The highest BCUT2D eigenvalue weighted by Crippen LogP contribution is 2.44. The molecule has 6 nitrogen and oxygen atoms in total. The molecule has 0 aliphatic carbocycles. The minimum absolute atomic E-state index is 0.635. The van der Waals surface area contributed by atoms with E-state index in [0.29, 0.717) is 17.5 Å². The number of rotatable bonds is 11. The summed E-state index contributed by atoms with van der Waals surface area (Å²) in [4.78, 5) is 18.6. The average Bonchev–Trinajstić information content (AvgIpc) is 3.69. The SMILES string of the molecule is Cc1cc(-c2nc(-c3ccccc3)nc(-c3ccccc3)n2)cc(C)c1-n1c2ccc(N(Sc3ccccc3)c3ccccc3)cc2c2cc(N(c3ccccc3)c3ccccc3)ccc21. The monoisotopic (exact) mass is 868 g/mol. The minimum atomic E-state index is 0.635. The maximum atomic E-state index is 5.09. The van der Waals surface area contributed by atoms with Crippen molar-refractivity contribution in [3.63, 3.8) is 0 Å². The molecule has 11 rings (SSSR count). The van der Waals surface area contributed by atoms with Crippen LogP contribution in [0.3, 0.4) is 0 Å². The molecule has 0 aliphatic rings. The van der Waals surface area contributed by atoms with Crippen LogP contribution in [0, 0.1) is 13.8 Å². The van der Waals surface area contributed by atoms with Crippen LogP contribution in [0.1, 0.15) is 11.1 Å². The lowest BCUT2D eigenvalue weighted by molar-refractivity contribution is 1.07. The van der Waals surface area contributed by atoms with Crippen LogP contribution in [0.25, 0.3) is 61.7 Å². The third-order valence-corrected chi connectivity index (χ3v) is 12.9. The van der Waals surface area contributed by atoms with Gasteiger partial charge < -0.3 is 9.47 Å². The number of hydrogen-bond acceptors (Lipinski definition) is 6.